The first-order valence-corrected chi connectivity index (χ1v) is 10.7. The second-order valence-electron chi connectivity index (χ2n) is 8.18. The van der Waals surface area contributed by atoms with Crippen LogP contribution < -0.4 is 10.6 Å². The molecule has 164 valence electrons. The molecule has 3 amide bonds. The van der Waals surface area contributed by atoms with E-state index in [0.29, 0.717) is 16.3 Å². The molecule has 0 bridgehead atoms. The number of halogens is 1. The number of rotatable bonds is 3. The van der Waals surface area contributed by atoms with Crippen LogP contribution in [-0.2, 0) is 16.0 Å². The van der Waals surface area contributed by atoms with Gasteiger partial charge in [-0.05, 0) is 35.4 Å². The minimum Gasteiger partial charge on any atom is -0.389 e. The Kier molecular flexibility index (Phi) is 5.11. The Morgan fingerprint density at radius 3 is 2.69 bits per heavy atom. The molecule has 0 radical (unpaired) electrons. The number of H-pyrrole nitrogens is 1. The number of aliphatic hydroxyl groups is 1. The zero-order valence-corrected chi connectivity index (χ0v) is 17.7. The number of aliphatic hydroxyl groups excluding tert-OH is 1. The van der Waals surface area contributed by atoms with Gasteiger partial charge in [-0.1, -0.05) is 35.9 Å². The lowest BCUT2D eigenvalue weighted by atomic mass is 9.96. The Morgan fingerprint density at radius 1 is 1.12 bits per heavy atom. The van der Waals surface area contributed by atoms with Gasteiger partial charge in [0.1, 0.15) is 17.8 Å². The Morgan fingerprint density at radius 2 is 1.91 bits per heavy atom. The molecule has 2 atom stereocenters. The van der Waals surface area contributed by atoms with E-state index in [2.05, 4.69) is 15.6 Å². The number of carbonyl (C=O) groups is 3. The number of amides is 3. The van der Waals surface area contributed by atoms with Crippen molar-refractivity contribution in [3.8, 4) is 0 Å². The van der Waals surface area contributed by atoms with E-state index in [0.717, 1.165) is 16.5 Å². The number of nitrogens with one attached hydrogen (secondary N) is 3. The summed E-state index contributed by atoms with van der Waals surface area (Å²) in [6.07, 6.45) is -0.277. The third-order valence-corrected chi connectivity index (χ3v) is 6.18. The van der Waals surface area contributed by atoms with Crippen molar-refractivity contribution in [1.82, 2.24) is 20.5 Å². The fraction of sp³-hybridized carbons (Fsp3) is 0.261. The molecule has 4 N–H and O–H groups in total. The smallest absolute Gasteiger partial charge is 0.268 e. The van der Waals surface area contributed by atoms with Crippen LogP contribution in [0.5, 0.6) is 0 Å². The number of benzene rings is 2. The summed E-state index contributed by atoms with van der Waals surface area (Å²) in [7, 11) is 0. The Bertz CT molecular complexity index is 1230. The number of carbonyl (C=O) groups excluding carboxylic acids is 3. The maximum Gasteiger partial charge on any atom is 0.268 e. The molecular formula is C23H21ClN4O4. The molecule has 2 aliphatic rings. The average Bonchev–Trinajstić information content (AvgIpc) is 3.12. The summed E-state index contributed by atoms with van der Waals surface area (Å²) in [6, 6.07) is 12.5. The second kappa shape index (κ2) is 7.96. The molecule has 3 heterocycles. The molecule has 1 saturated heterocycles. The second-order valence-corrected chi connectivity index (χ2v) is 8.62. The number of fused-ring (bicyclic) bond motifs is 2. The van der Waals surface area contributed by atoms with Gasteiger partial charge in [0.15, 0.2) is 0 Å². The predicted octanol–water partition coefficient (Wildman–Crippen LogP) is 1.54. The lowest BCUT2D eigenvalue weighted by molar-refractivity contribution is -0.145. The van der Waals surface area contributed by atoms with E-state index in [1.165, 1.54) is 4.90 Å². The van der Waals surface area contributed by atoms with Crippen LogP contribution >= 0.6 is 11.6 Å². The number of hydrogen-bond donors (Lipinski definition) is 4. The van der Waals surface area contributed by atoms with Crippen LogP contribution in [-0.4, -0.2) is 57.9 Å². The molecule has 1 aromatic heterocycles. The zero-order chi connectivity index (χ0) is 22.4. The molecule has 2 aromatic carbocycles. The molecule has 9 heteroatoms. The molecule has 8 nitrogen and oxygen atoms in total. The van der Waals surface area contributed by atoms with Crippen molar-refractivity contribution in [3.63, 3.8) is 0 Å². The van der Waals surface area contributed by atoms with Gasteiger partial charge in [0, 0.05) is 35.4 Å². The number of likely N-dealkylation sites (tertiary alicyclic amines) is 1. The molecule has 0 aliphatic carbocycles. The fourth-order valence-corrected chi connectivity index (χ4v) is 4.41. The third kappa shape index (κ3) is 3.72. The standard InChI is InChI=1S/C23H21ClN4O4/c24-14-5-6-17-13(7-14)9-18(25-17)21(30)26-19-8-12-3-1-2-4-16(12)20(27-22(19)31)23(32)28-10-15(29)11-28/h1-7,9,15,19-20,25,29H,8,10-11H2,(H,26,30)(H,27,31)/t19-,20+/m1/s1. The summed E-state index contributed by atoms with van der Waals surface area (Å²) in [4.78, 5) is 43.4. The van der Waals surface area contributed by atoms with E-state index in [1.807, 2.05) is 18.2 Å². The summed E-state index contributed by atoms with van der Waals surface area (Å²) in [5, 5.41) is 16.5. The maximum absolute atomic E-state index is 13.0. The van der Waals surface area contributed by atoms with Gasteiger partial charge in [-0.15, -0.1) is 0 Å². The van der Waals surface area contributed by atoms with Gasteiger partial charge < -0.3 is 25.6 Å². The number of aromatic amines is 1. The molecule has 0 spiro atoms. The summed E-state index contributed by atoms with van der Waals surface area (Å²) >= 11 is 6.02. The molecule has 32 heavy (non-hydrogen) atoms. The van der Waals surface area contributed by atoms with Crippen molar-refractivity contribution >= 4 is 40.2 Å². The number of aromatic nitrogens is 1. The van der Waals surface area contributed by atoms with Gasteiger partial charge in [-0.3, -0.25) is 14.4 Å². The lowest BCUT2D eigenvalue weighted by Crippen LogP contribution is -2.57. The monoisotopic (exact) mass is 452 g/mol. The van der Waals surface area contributed by atoms with Gasteiger partial charge in [0.25, 0.3) is 5.91 Å². The molecule has 0 unspecified atom stereocenters. The molecule has 0 saturated carbocycles. The predicted molar refractivity (Wildman–Crippen MR) is 118 cm³/mol. The molecular weight excluding hydrogens is 432 g/mol. The number of β-amino-alcohol motifs (C(OH)–C–C–N with tert-alkyl or cyclic N) is 1. The highest BCUT2D eigenvalue weighted by Crippen LogP contribution is 2.27. The minimum atomic E-state index is -0.858. The van der Waals surface area contributed by atoms with E-state index in [4.69, 9.17) is 11.6 Å². The van der Waals surface area contributed by atoms with E-state index in [1.54, 1.807) is 30.3 Å². The molecule has 5 rings (SSSR count). The van der Waals surface area contributed by atoms with Crippen molar-refractivity contribution in [2.45, 2.75) is 24.6 Å². The Labute approximate surface area is 188 Å². The summed E-state index contributed by atoms with van der Waals surface area (Å²) in [5.74, 6) is -1.13. The van der Waals surface area contributed by atoms with E-state index in [-0.39, 0.29) is 25.4 Å². The van der Waals surface area contributed by atoms with Crippen LogP contribution in [0.1, 0.15) is 27.7 Å². The zero-order valence-electron chi connectivity index (χ0n) is 17.0. The van der Waals surface area contributed by atoms with Gasteiger partial charge in [-0.2, -0.15) is 0 Å². The maximum atomic E-state index is 13.0. The summed E-state index contributed by atoms with van der Waals surface area (Å²) < 4.78 is 0. The first-order chi connectivity index (χ1) is 15.4. The third-order valence-electron chi connectivity index (χ3n) is 5.95. The Balaban J connectivity index is 1.39. The Hall–Kier alpha value is -3.36. The van der Waals surface area contributed by atoms with E-state index < -0.39 is 30.0 Å². The minimum absolute atomic E-state index is 0.248. The normalized spacial score (nSPS) is 20.8. The van der Waals surface area contributed by atoms with Crippen molar-refractivity contribution < 1.29 is 19.5 Å². The highest BCUT2D eigenvalue weighted by molar-refractivity contribution is 6.31. The quantitative estimate of drug-likeness (QED) is 0.482. The topological polar surface area (TPSA) is 115 Å². The molecule has 2 aliphatic heterocycles. The molecule has 3 aromatic rings. The lowest BCUT2D eigenvalue weighted by Gasteiger charge is -2.38. The van der Waals surface area contributed by atoms with E-state index in [9.17, 15) is 19.5 Å². The van der Waals surface area contributed by atoms with Crippen LogP contribution in [0.4, 0.5) is 0 Å². The fourth-order valence-electron chi connectivity index (χ4n) is 4.23. The van der Waals surface area contributed by atoms with Crippen LogP contribution in [0.25, 0.3) is 10.9 Å². The number of nitrogens with zero attached hydrogens (tertiary/aromatic N) is 1. The van der Waals surface area contributed by atoms with Crippen molar-refractivity contribution in [1.29, 1.82) is 0 Å². The van der Waals surface area contributed by atoms with Gasteiger partial charge in [0.05, 0.1) is 6.10 Å². The molecule has 1 fully saturated rings. The highest BCUT2D eigenvalue weighted by Gasteiger charge is 2.39. The first kappa shape index (κ1) is 20.5. The van der Waals surface area contributed by atoms with Crippen molar-refractivity contribution in [3.05, 3.63) is 70.4 Å². The summed E-state index contributed by atoms with van der Waals surface area (Å²) in [6.45, 7) is 0.496. The summed E-state index contributed by atoms with van der Waals surface area (Å²) in [5.41, 5.74) is 2.58. The van der Waals surface area contributed by atoms with Crippen LogP contribution in [0.2, 0.25) is 5.02 Å². The van der Waals surface area contributed by atoms with Crippen LogP contribution in [0, 0.1) is 0 Å². The van der Waals surface area contributed by atoms with Gasteiger partial charge in [-0.25, -0.2) is 0 Å². The van der Waals surface area contributed by atoms with Crippen molar-refractivity contribution in [2.24, 2.45) is 0 Å². The average molecular weight is 453 g/mol. The van der Waals surface area contributed by atoms with Gasteiger partial charge in [0.2, 0.25) is 11.8 Å². The van der Waals surface area contributed by atoms with Gasteiger partial charge >= 0.3 is 0 Å². The van der Waals surface area contributed by atoms with Crippen molar-refractivity contribution in [2.75, 3.05) is 13.1 Å². The largest absolute Gasteiger partial charge is 0.389 e. The highest BCUT2D eigenvalue weighted by atomic mass is 35.5. The number of hydrogen-bond acceptors (Lipinski definition) is 4. The van der Waals surface area contributed by atoms with E-state index >= 15 is 0 Å². The SMILES string of the molecule is O=C(N[C@@H]1Cc2ccccc2[C@@H](C(=O)N2CC(O)C2)NC1=O)c1cc2cc(Cl)ccc2[nH]1. The first-order valence-electron chi connectivity index (χ1n) is 10.3. The van der Waals surface area contributed by atoms with Crippen LogP contribution in [0.3, 0.4) is 0 Å². The van der Waals surface area contributed by atoms with Crippen LogP contribution in [0.15, 0.2) is 48.5 Å².